The van der Waals surface area contributed by atoms with E-state index in [1.165, 1.54) is 16.0 Å². The van der Waals surface area contributed by atoms with Gasteiger partial charge >= 0.3 is 5.97 Å². The normalized spacial score (nSPS) is 14.7. The van der Waals surface area contributed by atoms with Crippen LogP contribution in [-0.2, 0) is 11.4 Å². The summed E-state index contributed by atoms with van der Waals surface area (Å²) in [6, 6.07) is 8.04. The minimum absolute atomic E-state index is 0. The van der Waals surface area contributed by atoms with Crippen molar-refractivity contribution in [1.82, 2.24) is 4.90 Å². The highest BCUT2D eigenvalue weighted by Crippen LogP contribution is 2.40. The summed E-state index contributed by atoms with van der Waals surface area (Å²) in [5.74, 6) is -0.0222. The van der Waals surface area contributed by atoms with E-state index in [1.54, 1.807) is 17.4 Å². The topological polar surface area (TPSA) is 49.8 Å². The van der Waals surface area contributed by atoms with Crippen LogP contribution < -0.4 is 4.74 Å². The van der Waals surface area contributed by atoms with E-state index in [4.69, 9.17) is 4.74 Å². The summed E-state index contributed by atoms with van der Waals surface area (Å²) in [5, 5.41) is 11.4. The van der Waals surface area contributed by atoms with Crippen LogP contribution in [0.3, 0.4) is 0 Å². The number of halogens is 1. The Hall–Kier alpha value is -2.08. The van der Waals surface area contributed by atoms with Crippen molar-refractivity contribution < 1.29 is 14.6 Å². The number of carbonyl (C=O) groups is 1. The van der Waals surface area contributed by atoms with E-state index >= 15 is 0 Å². The Bertz CT molecular complexity index is 899. The molecule has 4 nitrogen and oxygen atoms in total. The summed E-state index contributed by atoms with van der Waals surface area (Å²) in [5.41, 5.74) is 4.70. The molecule has 1 aliphatic rings. The lowest BCUT2D eigenvalue weighted by molar-refractivity contribution is -0.132. The van der Waals surface area contributed by atoms with Crippen LogP contribution in [0.25, 0.3) is 11.6 Å². The van der Waals surface area contributed by atoms with Gasteiger partial charge in [0.15, 0.2) is 0 Å². The van der Waals surface area contributed by atoms with Crippen molar-refractivity contribution >= 4 is 41.4 Å². The van der Waals surface area contributed by atoms with Gasteiger partial charge < -0.3 is 14.7 Å². The van der Waals surface area contributed by atoms with Gasteiger partial charge in [0.2, 0.25) is 0 Å². The largest absolute Gasteiger partial charge is 0.488 e. The summed E-state index contributed by atoms with van der Waals surface area (Å²) >= 11 is 1.73. The van der Waals surface area contributed by atoms with Crippen molar-refractivity contribution in [3.8, 4) is 5.75 Å². The van der Waals surface area contributed by atoms with Crippen molar-refractivity contribution in [3.63, 3.8) is 0 Å². The molecule has 3 rings (SSSR count). The number of aliphatic carboxylic acids is 1. The Kier molecular flexibility index (Phi) is 7.87. The molecule has 6 heteroatoms. The summed E-state index contributed by atoms with van der Waals surface area (Å²) in [7, 11) is 4.14. The summed E-state index contributed by atoms with van der Waals surface area (Å²) in [6.07, 6.45) is 5.45. The quantitative estimate of drug-likeness (QED) is 0.643. The number of carboxylic acids is 1. The van der Waals surface area contributed by atoms with Gasteiger partial charge in [0.05, 0.1) is 0 Å². The number of hydrogen-bond acceptors (Lipinski definition) is 4. The minimum Gasteiger partial charge on any atom is -0.488 e. The number of rotatable bonds is 6. The van der Waals surface area contributed by atoms with Crippen LogP contribution in [0.2, 0.25) is 0 Å². The van der Waals surface area contributed by atoms with E-state index < -0.39 is 5.97 Å². The molecule has 1 N–H and O–H groups in total. The number of carboxylic acid groups (broad SMARTS) is 1. The SMILES string of the molecule is CCC(=Cc1ccc2c(c1)C(=CCCN(C)C)c1sccc1CO2)C(=O)O.Cl. The van der Waals surface area contributed by atoms with E-state index in [-0.39, 0.29) is 12.4 Å². The minimum atomic E-state index is -0.869. The highest BCUT2D eigenvalue weighted by atomic mass is 35.5. The average Bonchev–Trinajstić information content (AvgIpc) is 3.04. The Morgan fingerprint density at radius 1 is 1.32 bits per heavy atom. The smallest absolute Gasteiger partial charge is 0.331 e. The van der Waals surface area contributed by atoms with Crippen molar-refractivity contribution in [2.75, 3.05) is 20.6 Å². The third-order valence-electron chi connectivity index (χ3n) is 4.59. The number of hydrogen-bond donors (Lipinski definition) is 1. The predicted molar refractivity (Wildman–Crippen MR) is 118 cm³/mol. The maximum atomic E-state index is 11.4. The number of nitrogens with zero attached hydrogens (tertiary/aromatic N) is 1. The monoisotopic (exact) mass is 419 g/mol. The fraction of sp³-hybridized carbons (Fsp3) is 0.318. The summed E-state index contributed by atoms with van der Waals surface area (Å²) < 4.78 is 6.04. The van der Waals surface area contributed by atoms with Gasteiger partial charge in [-0.1, -0.05) is 19.1 Å². The molecule has 150 valence electrons. The lowest BCUT2D eigenvalue weighted by Crippen LogP contribution is -2.12. The first-order valence-corrected chi connectivity index (χ1v) is 10.00. The second-order valence-corrected chi connectivity index (χ2v) is 7.77. The average molecular weight is 420 g/mol. The highest BCUT2D eigenvalue weighted by molar-refractivity contribution is 7.11. The van der Waals surface area contributed by atoms with Gasteiger partial charge in [-0.25, -0.2) is 4.79 Å². The fourth-order valence-electron chi connectivity index (χ4n) is 3.12. The van der Waals surface area contributed by atoms with E-state index in [0.29, 0.717) is 18.6 Å². The third kappa shape index (κ3) is 5.04. The van der Waals surface area contributed by atoms with Crippen molar-refractivity contribution in [2.24, 2.45) is 0 Å². The van der Waals surface area contributed by atoms with Crippen molar-refractivity contribution in [1.29, 1.82) is 0 Å². The standard InChI is InChI=1S/C22H25NO3S.ClH/c1-4-16(22(24)25)12-15-7-8-20-19(13-15)18(6-5-10-23(2)3)21-17(14-26-20)9-11-27-21;/h6-9,11-13H,4-5,10,14H2,1-3H3,(H,24,25);1H. The van der Waals surface area contributed by atoms with Crippen LogP contribution in [0, 0.1) is 0 Å². The zero-order valence-corrected chi connectivity index (χ0v) is 18.0. The predicted octanol–water partition coefficient (Wildman–Crippen LogP) is 5.32. The van der Waals surface area contributed by atoms with Gasteiger partial charge in [0.25, 0.3) is 0 Å². The van der Waals surface area contributed by atoms with E-state index in [2.05, 4.69) is 36.5 Å². The van der Waals surface area contributed by atoms with E-state index in [1.807, 2.05) is 25.1 Å². The molecule has 1 aliphatic heterocycles. The first-order valence-electron chi connectivity index (χ1n) is 9.12. The Morgan fingerprint density at radius 3 is 2.79 bits per heavy atom. The maximum absolute atomic E-state index is 11.4. The van der Waals surface area contributed by atoms with Crippen molar-refractivity contribution in [3.05, 3.63) is 62.9 Å². The first kappa shape index (κ1) is 22.2. The van der Waals surface area contributed by atoms with Crippen LogP contribution in [0.5, 0.6) is 5.75 Å². The molecule has 0 fully saturated rings. The maximum Gasteiger partial charge on any atom is 0.331 e. The molecule has 0 spiro atoms. The molecule has 0 unspecified atom stereocenters. The molecule has 0 saturated heterocycles. The molecule has 2 aromatic rings. The molecule has 0 saturated carbocycles. The summed E-state index contributed by atoms with van der Waals surface area (Å²) in [6.45, 7) is 3.39. The third-order valence-corrected chi connectivity index (χ3v) is 5.58. The van der Waals surface area contributed by atoms with E-state index in [9.17, 15) is 9.90 Å². The number of fused-ring (bicyclic) bond motifs is 2. The van der Waals surface area contributed by atoms with E-state index in [0.717, 1.165) is 29.8 Å². The lowest BCUT2D eigenvalue weighted by Gasteiger charge is -2.12. The van der Waals surface area contributed by atoms with Gasteiger partial charge in [-0.05, 0) is 67.7 Å². The molecule has 1 aromatic carbocycles. The molecule has 1 aromatic heterocycles. The molecule has 0 amide bonds. The Balaban J connectivity index is 0.00000280. The van der Waals surface area contributed by atoms with Gasteiger partial charge in [-0.3, -0.25) is 0 Å². The van der Waals surface area contributed by atoms with Crippen LogP contribution in [0.4, 0.5) is 0 Å². The van der Waals surface area contributed by atoms with Crippen LogP contribution >= 0.6 is 23.7 Å². The molecular weight excluding hydrogens is 394 g/mol. The number of thiophene rings is 1. The Morgan fingerprint density at radius 2 is 2.11 bits per heavy atom. The molecule has 2 heterocycles. The molecule has 0 atom stereocenters. The second kappa shape index (κ2) is 9.92. The van der Waals surface area contributed by atoms with Crippen LogP contribution in [-0.4, -0.2) is 36.6 Å². The zero-order valence-electron chi connectivity index (χ0n) is 16.4. The van der Waals surface area contributed by atoms with Crippen LogP contribution in [0.1, 0.15) is 41.3 Å². The summed E-state index contributed by atoms with van der Waals surface area (Å²) in [4.78, 5) is 14.8. The van der Waals surface area contributed by atoms with Gasteiger partial charge in [-0.2, -0.15) is 0 Å². The zero-order chi connectivity index (χ0) is 19.4. The number of ether oxygens (including phenoxy) is 1. The Labute approximate surface area is 176 Å². The lowest BCUT2D eigenvalue weighted by atomic mass is 9.97. The number of benzene rings is 1. The van der Waals surface area contributed by atoms with Gasteiger partial charge in [-0.15, -0.1) is 23.7 Å². The second-order valence-electron chi connectivity index (χ2n) is 6.86. The molecule has 0 bridgehead atoms. The van der Waals surface area contributed by atoms with Crippen LogP contribution in [0.15, 0.2) is 41.3 Å². The highest BCUT2D eigenvalue weighted by Gasteiger charge is 2.20. The molecule has 0 radical (unpaired) electrons. The molecule has 0 aliphatic carbocycles. The van der Waals surface area contributed by atoms with Crippen molar-refractivity contribution in [2.45, 2.75) is 26.4 Å². The van der Waals surface area contributed by atoms with Gasteiger partial charge in [0.1, 0.15) is 12.4 Å². The van der Waals surface area contributed by atoms with Gasteiger partial charge in [0, 0.05) is 28.1 Å². The molecule has 28 heavy (non-hydrogen) atoms. The fourth-order valence-corrected chi connectivity index (χ4v) is 4.09. The first-order chi connectivity index (χ1) is 13.0. The molecular formula is C22H26ClNO3S.